The first-order valence-electron chi connectivity index (χ1n) is 28.4. The largest absolute Gasteiger partial charge is 0.508 e. The zero-order valence-electron chi connectivity index (χ0n) is 45.7. The predicted molar refractivity (Wildman–Crippen MR) is 305 cm³/mol. The SMILES string of the molecule is CCc1cccc2cc(O)cc(-c3ncc4c(N5CC6CCC(C5)N6)nc(OCCN5CCC(C)(CN6CCN(c7cc(CC(=O)N8CCCC8C(=O)NC(C)c8ccc(-c9scnc9C)cc8)on7)CC6)CC5)nc4c3F)c12. The molecule has 79 heavy (non-hydrogen) atoms. The highest BCUT2D eigenvalue weighted by Crippen LogP contribution is 2.40. The number of pyridine rings is 1. The molecule has 3 N–H and O–H groups in total. The number of aromatic nitrogens is 5. The molecule has 4 atom stereocenters. The second-order valence-corrected chi connectivity index (χ2v) is 23.7. The quantitative estimate of drug-likeness (QED) is 0.0840. The fourth-order valence-electron chi connectivity index (χ4n) is 12.9. The summed E-state index contributed by atoms with van der Waals surface area (Å²) in [6.07, 6.45) is 8.18. The Morgan fingerprint density at radius 2 is 1.73 bits per heavy atom. The number of nitrogens with one attached hydrogen (secondary N) is 2. The first-order valence-corrected chi connectivity index (χ1v) is 29.2. The lowest BCUT2D eigenvalue weighted by atomic mass is 9.79. The van der Waals surface area contributed by atoms with Crippen LogP contribution in [0, 0.1) is 18.2 Å². The van der Waals surface area contributed by atoms with Crippen molar-refractivity contribution in [1.29, 1.82) is 0 Å². The molecule has 17 nitrogen and oxygen atoms in total. The third-order valence-electron chi connectivity index (χ3n) is 17.4. The van der Waals surface area contributed by atoms with Gasteiger partial charge in [-0.3, -0.25) is 24.4 Å². The number of carbonyl (C=O) groups excluding carboxylic acids is 2. The van der Waals surface area contributed by atoms with Crippen molar-refractivity contribution in [1.82, 2.24) is 50.4 Å². The van der Waals surface area contributed by atoms with Crippen molar-refractivity contribution in [2.45, 2.75) is 103 Å². The fraction of sp³-hybridized carbons (Fsp3) is 0.483. The Labute approximate surface area is 464 Å². The smallest absolute Gasteiger partial charge is 0.319 e. The van der Waals surface area contributed by atoms with Gasteiger partial charge in [0, 0.05) is 88.8 Å². The van der Waals surface area contributed by atoms with Gasteiger partial charge < -0.3 is 39.7 Å². The van der Waals surface area contributed by atoms with Crippen molar-refractivity contribution in [3.05, 3.63) is 101 Å². The van der Waals surface area contributed by atoms with E-state index in [0.717, 1.165) is 141 Å². The van der Waals surface area contributed by atoms with Crippen molar-refractivity contribution >= 4 is 56.5 Å². The molecule has 3 aromatic carbocycles. The number of piperidine rings is 1. The van der Waals surface area contributed by atoms with Crippen LogP contribution < -0.4 is 25.2 Å². The summed E-state index contributed by atoms with van der Waals surface area (Å²) in [6.45, 7) is 17.9. The van der Waals surface area contributed by atoms with Crippen LogP contribution in [0.2, 0.25) is 0 Å². The van der Waals surface area contributed by atoms with Gasteiger partial charge in [0.1, 0.15) is 41.2 Å². The Balaban J connectivity index is 0.622. The number of benzene rings is 3. The van der Waals surface area contributed by atoms with Gasteiger partial charge in [-0.05, 0) is 117 Å². The second kappa shape index (κ2) is 22.4. The van der Waals surface area contributed by atoms with E-state index < -0.39 is 11.9 Å². The summed E-state index contributed by atoms with van der Waals surface area (Å²) < 4.78 is 29.2. The molecular formula is C60H71FN12O5S. The van der Waals surface area contributed by atoms with Crippen molar-refractivity contribution in [3.8, 4) is 33.5 Å². The highest BCUT2D eigenvalue weighted by Gasteiger charge is 2.38. The van der Waals surface area contributed by atoms with Crippen LogP contribution in [0.4, 0.5) is 16.0 Å². The lowest BCUT2D eigenvalue weighted by molar-refractivity contribution is -0.138. The number of aromatic hydroxyl groups is 1. The average molecular weight is 1090 g/mol. The maximum atomic E-state index is 17.1. The molecule has 2 amide bonds. The van der Waals surface area contributed by atoms with Crippen LogP contribution in [0.3, 0.4) is 0 Å². The molecule has 4 unspecified atom stereocenters. The van der Waals surface area contributed by atoms with E-state index in [-0.39, 0.29) is 52.7 Å². The third-order valence-corrected chi connectivity index (χ3v) is 18.3. The predicted octanol–water partition coefficient (Wildman–Crippen LogP) is 8.33. The Morgan fingerprint density at radius 1 is 0.949 bits per heavy atom. The molecular weight excluding hydrogens is 1020 g/mol. The molecule has 19 heteroatoms. The molecule has 9 heterocycles. The van der Waals surface area contributed by atoms with Crippen LogP contribution in [-0.4, -0.2) is 153 Å². The number of halogens is 1. The molecule has 5 aliphatic rings. The van der Waals surface area contributed by atoms with Crippen LogP contribution in [0.15, 0.2) is 76.9 Å². The van der Waals surface area contributed by atoms with Crippen LogP contribution in [0.1, 0.15) is 87.9 Å². The number of rotatable bonds is 16. The molecule has 0 spiro atoms. The number of phenols is 1. The fourth-order valence-corrected chi connectivity index (χ4v) is 13.7. The molecule has 7 aromatic rings. The molecule has 12 rings (SSSR count). The van der Waals surface area contributed by atoms with Gasteiger partial charge >= 0.3 is 6.01 Å². The number of fused-ring (bicyclic) bond motifs is 4. The van der Waals surface area contributed by atoms with E-state index in [0.29, 0.717) is 60.7 Å². The standard InChI is InChI=1S/C60H71FN12O5S/c1-5-39-8-6-9-42-28-45(74)29-47(52(39)42)54-53(61)55-48(32-62-54)57(72-33-43-15-16-44(34-72)65-43)67-59(66-55)77-27-26-69-20-17-60(4,18-21-69)35-70-22-24-71(25-23-70)50-30-46(78-68-50)31-51(75)73-19-7-10-49(73)58(76)64-37(2)40-11-13-41(14-12-40)56-38(3)63-36-79-56/h6,8-9,11-14,28-30,32,36-37,43-44,49,65,74H,5,7,10,15-27,31,33-35H2,1-4H3,(H,64,76). The molecule has 0 saturated carbocycles. The highest BCUT2D eigenvalue weighted by molar-refractivity contribution is 7.13. The zero-order chi connectivity index (χ0) is 54.4. The molecule has 4 aromatic heterocycles. The first kappa shape index (κ1) is 52.9. The van der Waals surface area contributed by atoms with Gasteiger partial charge in [-0.1, -0.05) is 61.5 Å². The number of thiazole rings is 1. The second-order valence-electron chi connectivity index (χ2n) is 22.9. The van der Waals surface area contributed by atoms with Crippen molar-refractivity contribution in [3.63, 3.8) is 0 Å². The van der Waals surface area contributed by atoms with Gasteiger partial charge in [0.25, 0.3) is 0 Å². The first-order chi connectivity index (χ1) is 38.3. The number of phenolic OH excluding ortho intramolecular Hbond substituents is 1. The summed E-state index contributed by atoms with van der Waals surface area (Å²) in [5.74, 6) is 1.11. The minimum atomic E-state index is -0.558. The lowest BCUT2D eigenvalue weighted by Crippen LogP contribution is -2.51. The van der Waals surface area contributed by atoms with Crippen LogP contribution in [0.5, 0.6) is 11.8 Å². The van der Waals surface area contributed by atoms with Gasteiger partial charge in [-0.2, -0.15) is 9.97 Å². The number of carbonyl (C=O) groups is 2. The number of aryl methyl sites for hydroxylation is 2. The van der Waals surface area contributed by atoms with Gasteiger partial charge in [0.05, 0.1) is 33.9 Å². The van der Waals surface area contributed by atoms with Gasteiger partial charge in [-0.25, -0.2) is 9.37 Å². The molecule has 0 aliphatic carbocycles. The van der Waals surface area contributed by atoms with Gasteiger partial charge in [0.15, 0.2) is 11.6 Å². The molecule has 2 bridgehead atoms. The lowest BCUT2D eigenvalue weighted by Gasteiger charge is -2.44. The minimum Gasteiger partial charge on any atom is -0.508 e. The van der Waals surface area contributed by atoms with E-state index >= 15 is 4.39 Å². The number of amides is 2. The van der Waals surface area contributed by atoms with Crippen LogP contribution in [-0.2, 0) is 22.4 Å². The van der Waals surface area contributed by atoms with E-state index in [4.69, 9.17) is 24.2 Å². The number of nitrogens with zero attached hydrogens (tertiary/aromatic N) is 10. The minimum absolute atomic E-state index is 0.0490. The zero-order valence-corrected chi connectivity index (χ0v) is 46.5. The van der Waals surface area contributed by atoms with Crippen LogP contribution in [0.25, 0.3) is 43.4 Å². The molecule has 5 fully saturated rings. The summed E-state index contributed by atoms with van der Waals surface area (Å²) in [6, 6.07) is 19.4. The Hall–Kier alpha value is -6.80. The van der Waals surface area contributed by atoms with Crippen molar-refractivity contribution in [2.75, 3.05) is 88.4 Å². The number of piperazine rings is 2. The molecule has 5 saturated heterocycles. The summed E-state index contributed by atoms with van der Waals surface area (Å²) in [7, 11) is 0. The molecule has 0 radical (unpaired) electrons. The third kappa shape index (κ3) is 11.1. The normalized spacial score (nSPS) is 21.1. The van der Waals surface area contributed by atoms with Gasteiger partial charge in [-0.15, -0.1) is 11.3 Å². The summed E-state index contributed by atoms with van der Waals surface area (Å²) in [5.41, 5.74) is 7.01. The summed E-state index contributed by atoms with van der Waals surface area (Å²) in [4.78, 5) is 58.3. The van der Waals surface area contributed by atoms with E-state index in [9.17, 15) is 14.7 Å². The van der Waals surface area contributed by atoms with Crippen LogP contribution >= 0.6 is 11.3 Å². The number of ether oxygens (including phenoxy) is 1. The monoisotopic (exact) mass is 1090 g/mol. The van der Waals surface area contributed by atoms with E-state index in [1.165, 1.54) is 0 Å². The molecule has 414 valence electrons. The summed E-state index contributed by atoms with van der Waals surface area (Å²) in [5, 5.41) is 24.3. The van der Waals surface area contributed by atoms with Gasteiger partial charge in [0.2, 0.25) is 11.8 Å². The maximum Gasteiger partial charge on any atom is 0.319 e. The van der Waals surface area contributed by atoms with E-state index in [1.807, 2.05) is 55.8 Å². The topological polar surface area (TPSA) is 181 Å². The van der Waals surface area contributed by atoms with E-state index in [1.54, 1.807) is 34.6 Å². The Kier molecular flexibility index (Phi) is 15.0. The Bertz CT molecular complexity index is 3340. The van der Waals surface area contributed by atoms with Crippen molar-refractivity contribution < 1.29 is 28.3 Å². The molecule has 5 aliphatic heterocycles. The highest BCUT2D eigenvalue weighted by atomic mass is 32.1. The number of hydrogen-bond donors (Lipinski definition) is 3. The van der Waals surface area contributed by atoms with E-state index in [2.05, 4.69) is 66.4 Å². The van der Waals surface area contributed by atoms with Crippen molar-refractivity contribution in [2.24, 2.45) is 5.41 Å². The maximum absolute atomic E-state index is 17.1. The Morgan fingerprint density at radius 3 is 2.48 bits per heavy atom. The number of anilines is 2. The number of likely N-dealkylation sites (tertiary alicyclic amines) is 2. The number of hydrogen-bond acceptors (Lipinski definition) is 16. The average Bonchev–Trinajstić information content (AvgIpc) is 4.43. The summed E-state index contributed by atoms with van der Waals surface area (Å²) >= 11 is 1.62.